The fourth-order valence-electron chi connectivity index (χ4n) is 2.00. The number of benzene rings is 1. The van der Waals surface area contributed by atoms with Crippen LogP contribution >= 0.6 is 0 Å². The fourth-order valence-corrected chi connectivity index (χ4v) is 2.00. The highest BCUT2D eigenvalue weighted by Crippen LogP contribution is 2.13. The third kappa shape index (κ3) is 5.85. The molecule has 1 amide bonds. The molecule has 0 aliphatic heterocycles. The van der Waals surface area contributed by atoms with Crippen LogP contribution in [0.1, 0.15) is 32.3 Å². The lowest BCUT2D eigenvalue weighted by atomic mass is 10.0. The largest absolute Gasteiger partial charge is 0.497 e. The number of hydrogen-bond acceptors (Lipinski definition) is 3. The number of carboxylic acids is 1. The lowest BCUT2D eigenvalue weighted by molar-refractivity contribution is -0.143. The molecule has 0 fully saturated rings. The number of carboxylic acid groups (broad SMARTS) is 1. The van der Waals surface area contributed by atoms with Gasteiger partial charge in [0.1, 0.15) is 11.8 Å². The molecule has 116 valence electrons. The Labute approximate surface area is 125 Å². The van der Waals surface area contributed by atoms with Gasteiger partial charge in [-0.1, -0.05) is 26.0 Å². The third-order valence-electron chi connectivity index (χ3n) is 3.28. The summed E-state index contributed by atoms with van der Waals surface area (Å²) in [5.74, 6) is -0.538. The molecule has 0 unspecified atom stereocenters. The fraction of sp³-hybridized carbons (Fsp3) is 0.500. The number of carbonyl (C=O) groups is 2. The lowest BCUT2D eigenvalue weighted by Gasteiger charge is -2.17. The van der Waals surface area contributed by atoms with Gasteiger partial charge in [-0.2, -0.15) is 0 Å². The maximum atomic E-state index is 11.8. The number of carbonyl (C=O) groups excluding carboxylic acids is 1. The second-order valence-electron chi connectivity index (χ2n) is 5.33. The Morgan fingerprint density at radius 2 is 1.86 bits per heavy atom. The van der Waals surface area contributed by atoms with Crippen molar-refractivity contribution in [3.63, 3.8) is 0 Å². The summed E-state index contributed by atoms with van der Waals surface area (Å²) in [6.45, 7) is 3.55. The van der Waals surface area contributed by atoms with Gasteiger partial charge in [0.05, 0.1) is 7.11 Å². The molecule has 0 aromatic heterocycles. The summed E-state index contributed by atoms with van der Waals surface area (Å²) in [5, 5.41) is 11.6. The number of hydrogen-bond donors (Lipinski definition) is 2. The maximum Gasteiger partial charge on any atom is 0.326 e. The molecule has 5 heteroatoms. The number of nitrogens with one attached hydrogen (secondary N) is 1. The predicted octanol–water partition coefficient (Wildman–Crippen LogP) is 2.24. The standard InChI is InChI=1S/C16H23NO4/c1-11(2)15(16(19)20)17-14(18)6-4-5-12-7-9-13(21-3)10-8-12/h7-11,15H,4-6H2,1-3H3,(H,17,18)(H,19,20)/t15-/m1/s1. The zero-order chi connectivity index (χ0) is 15.8. The summed E-state index contributed by atoms with van der Waals surface area (Å²) in [4.78, 5) is 22.8. The van der Waals surface area contributed by atoms with Crippen molar-refractivity contribution in [2.24, 2.45) is 5.92 Å². The first-order valence-electron chi connectivity index (χ1n) is 7.09. The molecule has 0 heterocycles. The first-order valence-corrected chi connectivity index (χ1v) is 7.09. The van der Waals surface area contributed by atoms with Crippen molar-refractivity contribution in [3.05, 3.63) is 29.8 Å². The molecule has 1 atom stereocenters. The topological polar surface area (TPSA) is 75.6 Å². The molecule has 21 heavy (non-hydrogen) atoms. The summed E-state index contributed by atoms with van der Waals surface area (Å²) in [7, 11) is 1.62. The van der Waals surface area contributed by atoms with Gasteiger partial charge in [0.25, 0.3) is 0 Å². The summed E-state index contributed by atoms with van der Waals surface area (Å²) < 4.78 is 5.08. The third-order valence-corrected chi connectivity index (χ3v) is 3.28. The second-order valence-corrected chi connectivity index (χ2v) is 5.33. The lowest BCUT2D eigenvalue weighted by Crippen LogP contribution is -2.44. The molecule has 1 aromatic carbocycles. The number of methoxy groups -OCH3 is 1. The summed E-state index contributed by atoms with van der Waals surface area (Å²) >= 11 is 0. The van der Waals surface area contributed by atoms with Crippen molar-refractivity contribution >= 4 is 11.9 Å². The van der Waals surface area contributed by atoms with Gasteiger partial charge >= 0.3 is 5.97 Å². The van der Waals surface area contributed by atoms with Gasteiger partial charge in [0.2, 0.25) is 5.91 Å². The Hall–Kier alpha value is -2.04. The van der Waals surface area contributed by atoms with E-state index in [0.717, 1.165) is 17.7 Å². The van der Waals surface area contributed by atoms with Gasteiger partial charge in [-0.25, -0.2) is 4.79 Å². The molecular weight excluding hydrogens is 270 g/mol. The van der Waals surface area contributed by atoms with E-state index in [1.165, 1.54) is 0 Å². The molecule has 2 N–H and O–H groups in total. The Bertz CT molecular complexity index is 468. The maximum absolute atomic E-state index is 11.8. The molecule has 0 bridgehead atoms. The SMILES string of the molecule is COc1ccc(CCCC(=O)N[C@@H](C(=O)O)C(C)C)cc1. The minimum atomic E-state index is -0.992. The average Bonchev–Trinajstić information content (AvgIpc) is 2.45. The zero-order valence-electron chi connectivity index (χ0n) is 12.8. The van der Waals surface area contributed by atoms with Crippen molar-refractivity contribution in [1.29, 1.82) is 0 Å². The normalized spacial score (nSPS) is 12.0. The van der Waals surface area contributed by atoms with Gasteiger partial charge in [0.15, 0.2) is 0 Å². The van der Waals surface area contributed by atoms with Crippen LogP contribution in [-0.2, 0) is 16.0 Å². The van der Waals surface area contributed by atoms with E-state index >= 15 is 0 Å². The molecule has 0 radical (unpaired) electrons. The minimum Gasteiger partial charge on any atom is -0.497 e. The van der Waals surface area contributed by atoms with Gasteiger partial charge < -0.3 is 15.2 Å². The van der Waals surface area contributed by atoms with Crippen molar-refractivity contribution in [2.75, 3.05) is 7.11 Å². The van der Waals surface area contributed by atoms with Crippen molar-refractivity contribution in [2.45, 2.75) is 39.2 Å². The van der Waals surface area contributed by atoms with E-state index in [-0.39, 0.29) is 11.8 Å². The Kier molecular flexibility index (Phi) is 6.72. The van der Waals surface area contributed by atoms with E-state index in [4.69, 9.17) is 9.84 Å². The minimum absolute atomic E-state index is 0.131. The van der Waals surface area contributed by atoms with Crippen LogP contribution in [-0.4, -0.2) is 30.1 Å². The van der Waals surface area contributed by atoms with Crippen LogP contribution in [0.4, 0.5) is 0 Å². The van der Waals surface area contributed by atoms with Gasteiger partial charge in [-0.3, -0.25) is 4.79 Å². The van der Waals surface area contributed by atoms with Crippen molar-refractivity contribution < 1.29 is 19.4 Å². The van der Waals surface area contributed by atoms with Crippen LogP contribution in [0.5, 0.6) is 5.75 Å². The van der Waals surface area contributed by atoms with Crippen molar-refractivity contribution in [1.82, 2.24) is 5.32 Å². The van der Waals surface area contributed by atoms with Crippen LogP contribution in [0.15, 0.2) is 24.3 Å². The highest BCUT2D eigenvalue weighted by molar-refractivity contribution is 5.83. The number of ether oxygens (including phenoxy) is 1. The molecule has 0 aliphatic carbocycles. The monoisotopic (exact) mass is 293 g/mol. The van der Waals surface area contributed by atoms with E-state index in [0.29, 0.717) is 12.8 Å². The summed E-state index contributed by atoms with van der Waals surface area (Å²) in [6, 6.07) is 6.87. The Morgan fingerprint density at radius 3 is 2.33 bits per heavy atom. The number of rotatable bonds is 8. The Morgan fingerprint density at radius 1 is 1.24 bits per heavy atom. The van der Waals surface area contributed by atoms with Crippen molar-refractivity contribution in [3.8, 4) is 5.75 Å². The first kappa shape index (κ1) is 17.0. The van der Waals surface area contributed by atoms with Crippen LogP contribution < -0.4 is 10.1 Å². The average molecular weight is 293 g/mol. The predicted molar refractivity (Wildman–Crippen MR) is 80.3 cm³/mol. The van der Waals surface area contributed by atoms with Crippen LogP contribution in [0.2, 0.25) is 0 Å². The van der Waals surface area contributed by atoms with E-state index in [9.17, 15) is 9.59 Å². The second kappa shape index (κ2) is 8.29. The summed E-state index contributed by atoms with van der Waals surface area (Å²) in [6.07, 6.45) is 1.78. The molecule has 1 aromatic rings. The van der Waals surface area contributed by atoms with E-state index in [2.05, 4.69) is 5.32 Å². The molecule has 0 saturated heterocycles. The Balaban J connectivity index is 2.37. The first-order chi connectivity index (χ1) is 9.93. The number of amides is 1. The molecule has 5 nitrogen and oxygen atoms in total. The van der Waals surface area contributed by atoms with E-state index in [1.807, 2.05) is 24.3 Å². The smallest absolute Gasteiger partial charge is 0.326 e. The zero-order valence-corrected chi connectivity index (χ0v) is 12.8. The molecule has 0 saturated carbocycles. The van der Waals surface area contributed by atoms with Gasteiger partial charge in [0, 0.05) is 6.42 Å². The van der Waals surface area contributed by atoms with Crippen LogP contribution in [0.25, 0.3) is 0 Å². The summed E-state index contributed by atoms with van der Waals surface area (Å²) in [5.41, 5.74) is 1.13. The quantitative estimate of drug-likeness (QED) is 0.770. The van der Waals surface area contributed by atoms with Crippen LogP contribution in [0.3, 0.4) is 0 Å². The van der Waals surface area contributed by atoms with Gasteiger partial charge in [-0.05, 0) is 36.5 Å². The van der Waals surface area contributed by atoms with E-state index in [1.54, 1.807) is 21.0 Å². The molecular formula is C16H23NO4. The molecule has 0 spiro atoms. The highest BCUT2D eigenvalue weighted by Gasteiger charge is 2.22. The number of aryl methyl sites for hydroxylation is 1. The molecule has 0 aliphatic rings. The molecule has 1 rings (SSSR count). The number of aliphatic carboxylic acids is 1. The van der Waals surface area contributed by atoms with Gasteiger partial charge in [-0.15, -0.1) is 0 Å². The van der Waals surface area contributed by atoms with Crippen LogP contribution in [0, 0.1) is 5.92 Å². The van der Waals surface area contributed by atoms with E-state index < -0.39 is 12.0 Å². The highest BCUT2D eigenvalue weighted by atomic mass is 16.5.